The Balaban J connectivity index is 1.35. The number of fused-ring (bicyclic) bond motifs is 4. The number of carbonyl (C=O) groups excluding carboxylic acids is 1. The molecule has 1 amide bonds. The van der Waals surface area contributed by atoms with Crippen molar-refractivity contribution < 1.29 is 14.3 Å². The van der Waals surface area contributed by atoms with Gasteiger partial charge in [0.05, 0.1) is 26.2 Å². The summed E-state index contributed by atoms with van der Waals surface area (Å²) < 4.78 is 11.0. The van der Waals surface area contributed by atoms with E-state index >= 15 is 0 Å². The number of aryl methyl sites for hydroxylation is 1. The number of H-pyrrole nitrogens is 1. The Hall–Kier alpha value is -2.95. The van der Waals surface area contributed by atoms with Crippen LogP contribution in [0.25, 0.3) is 10.9 Å². The minimum atomic E-state index is 0.0281. The number of carbonyl (C=O) groups is 1. The number of nitrogens with one attached hydrogen (secondary N) is 2. The molecule has 1 aromatic heterocycles. The highest BCUT2D eigenvalue weighted by Crippen LogP contribution is 2.36. The Kier molecular flexibility index (Phi) is 4.23. The number of aromatic nitrogens is 1. The van der Waals surface area contributed by atoms with Gasteiger partial charge in [-0.1, -0.05) is 12.1 Å². The fourth-order valence-electron chi connectivity index (χ4n) is 4.46. The highest BCUT2D eigenvalue weighted by molar-refractivity contribution is 5.87. The van der Waals surface area contributed by atoms with Crippen molar-refractivity contribution in [2.45, 2.75) is 38.1 Å². The number of methoxy groups -OCH3 is 1. The molecule has 1 unspecified atom stereocenters. The van der Waals surface area contributed by atoms with Crippen molar-refractivity contribution >= 4 is 16.8 Å². The van der Waals surface area contributed by atoms with Crippen molar-refractivity contribution in [2.24, 2.45) is 0 Å². The van der Waals surface area contributed by atoms with Crippen LogP contribution in [0.15, 0.2) is 36.4 Å². The van der Waals surface area contributed by atoms with Gasteiger partial charge in [0.15, 0.2) is 0 Å². The summed E-state index contributed by atoms with van der Waals surface area (Å²) in [6.07, 6.45) is 4.37. The number of rotatable bonds is 4. The van der Waals surface area contributed by atoms with Gasteiger partial charge in [0, 0.05) is 23.0 Å². The number of ether oxygens (including phenoxy) is 2. The van der Waals surface area contributed by atoms with Gasteiger partial charge in [-0.25, -0.2) is 0 Å². The molecule has 5 heteroatoms. The van der Waals surface area contributed by atoms with Crippen LogP contribution < -0.4 is 14.8 Å². The van der Waals surface area contributed by atoms with Crippen LogP contribution in [-0.4, -0.2) is 24.6 Å². The molecule has 0 fully saturated rings. The summed E-state index contributed by atoms with van der Waals surface area (Å²) in [7, 11) is 1.69. The maximum absolute atomic E-state index is 12.7. The van der Waals surface area contributed by atoms with Crippen LogP contribution in [0.3, 0.4) is 0 Å². The number of benzene rings is 2. The third-order valence-corrected chi connectivity index (χ3v) is 5.87. The topological polar surface area (TPSA) is 63.3 Å². The largest absolute Gasteiger partial charge is 0.497 e. The van der Waals surface area contributed by atoms with E-state index in [1.807, 2.05) is 18.2 Å². The summed E-state index contributed by atoms with van der Waals surface area (Å²) in [5.74, 6) is 1.83. The van der Waals surface area contributed by atoms with Crippen LogP contribution in [0.2, 0.25) is 0 Å². The van der Waals surface area contributed by atoms with E-state index in [0.29, 0.717) is 6.42 Å². The molecule has 1 atom stereocenters. The fourth-order valence-corrected chi connectivity index (χ4v) is 4.46. The lowest BCUT2D eigenvalue weighted by Crippen LogP contribution is -2.32. The molecule has 0 saturated heterocycles. The van der Waals surface area contributed by atoms with E-state index in [1.165, 1.54) is 16.5 Å². The van der Waals surface area contributed by atoms with E-state index < -0.39 is 0 Å². The maximum Gasteiger partial charge on any atom is 0.224 e. The zero-order valence-electron chi connectivity index (χ0n) is 16.0. The highest BCUT2D eigenvalue weighted by Gasteiger charge is 2.26. The van der Waals surface area contributed by atoms with Gasteiger partial charge in [-0.2, -0.15) is 0 Å². The Labute approximate surface area is 164 Å². The first-order valence-electron chi connectivity index (χ1n) is 9.94. The lowest BCUT2D eigenvalue weighted by Gasteiger charge is -2.24. The second kappa shape index (κ2) is 6.89. The normalized spacial score (nSPS) is 17.7. The van der Waals surface area contributed by atoms with Gasteiger partial charge >= 0.3 is 0 Å². The standard InChI is InChI=1S/C23H24N2O3/c1-27-16-7-8-19-18(13-16)17-3-2-4-20(23(17)25-19)24-22(26)12-14-5-6-15-9-10-28-21(15)11-14/h5-8,11,13,20,25H,2-4,9-10,12H2,1H3,(H,24,26). The molecule has 0 bridgehead atoms. The van der Waals surface area contributed by atoms with E-state index in [9.17, 15) is 4.79 Å². The molecule has 28 heavy (non-hydrogen) atoms. The van der Waals surface area contributed by atoms with Crippen molar-refractivity contribution in [3.05, 3.63) is 58.8 Å². The summed E-state index contributed by atoms with van der Waals surface area (Å²) in [6.45, 7) is 0.737. The van der Waals surface area contributed by atoms with Crippen molar-refractivity contribution in [1.29, 1.82) is 0 Å². The van der Waals surface area contributed by atoms with E-state index in [4.69, 9.17) is 9.47 Å². The van der Waals surface area contributed by atoms with Gasteiger partial charge in [-0.15, -0.1) is 0 Å². The molecule has 5 nitrogen and oxygen atoms in total. The first-order valence-corrected chi connectivity index (χ1v) is 9.94. The molecule has 144 valence electrons. The highest BCUT2D eigenvalue weighted by atomic mass is 16.5. The lowest BCUT2D eigenvalue weighted by atomic mass is 9.91. The average molecular weight is 376 g/mol. The van der Waals surface area contributed by atoms with Gasteiger partial charge in [0.25, 0.3) is 0 Å². The number of aromatic amines is 1. The van der Waals surface area contributed by atoms with Crippen LogP contribution >= 0.6 is 0 Å². The molecule has 1 aliphatic carbocycles. The summed E-state index contributed by atoms with van der Waals surface area (Å²) in [5.41, 5.74) is 5.77. The molecule has 0 saturated carbocycles. The zero-order chi connectivity index (χ0) is 19.1. The third-order valence-electron chi connectivity index (χ3n) is 5.87. The molecule has 2 N–H and O–H groups in total. The van der Waals surface area contributed by atoms with Crippen molar-refractivity contribution in [3.63, 3.8) is 0 Å². The lowest BCUT2D eigenvalue weighted by molar-refractivity contribution is -0.121. The quantitative estimate of drug-likeness (QED) is 0.727. The molecular formula is C23H24N2O3. The van der Waals surface area contributed by atoms with E-state index in [-0.39, 0.29) is 11.9 Å². The first kappa shape index (κ1) is 17.2. The van der Waals surface area contributed by atoms with Gasteiger partial charge in [-0.05, 0) is 60.2 Å². The average Bonchev–Trinajstić information content (AvgIpc) is 3.32. The molecule has 1 aliphatic heterocycles. The summed E-state index contributed by atoms with van der Waals surface area (Å²) in [5, 5.41) is 4.44. The Morgan fingerprint density at radius 1 is 1.25 bits per heavy atom. The van der Waals surface area contributed by atoms with Crippen molar-refractivity contribution in [2.75, 3.05) is 13.7 Å². The van der Waals surface area contributed by atoms with E-state index in [1.54, 1.807) is 7.11 Å². The van der Waals surface area contributed by atoms with Crippen LogP contribution in [0, 0.1) is 0 Å². The molecule has 3 aromatic rings. The van der Waals surface area contributed by atoms with Crippen LogP contribution in [0.4, 0.5) is 0 Å². The molecule has 2 aromatic carbocycles. The Morgan fingerprint density at radius 3 is 3.07 bits per heavy atom. The number of amides is 1. The zero-order valence-corrected chi connectivity index (χ0v) is 16.0. The van der Waals surface area contributed by atoms with Gasteiger partial charge in [0.2, 0.25) is 5.91 Å². The second-order valence-electron chi connectivity index (χ2n) is 7.66. The molecule has 2 aliphatic rings. The molecular weight excluding hydrogens is 352 g/mol. The minimum Gasteiger partial charge on any atom is -0.497 e. The van der Waals surface area contributed by atoms with Crippen LogP contribution in [0.1, 0.15) is 41.3 Å². The summed E-state index contributed by atoms with van der Waals surface area (Å²) in [6, 6.07) is 12.2. The van der Waals surface area contributed by atoms with Gasteiger partial charge < -0.3 is 19.8 Å². The number of hydrogen-bond donors (Lipinski definition) is 2. The van der Waals surface area contributed by atoms with Gasteiger partial charge in [-0.3, -0.25) is 4.79 Å². The predicted octanol–water partition coefficient (Wildman–Crippen LogP) is 3.85. The minimum absolute atomic E-state index is 0.0281. The second-order valence-corrected chi connectivity index (χ2v) is 7.66. The summed E-state index contributed by atoms with van der Waals surface area (Å²) in [4.78, 5) is 16.3. The van der Waals surface area contributed by atoms with E-state index in [2.05, 4.69) is 28.5 Å². The smallest absolute Gasteiger partial charge is 0.224 e. The molecule has 0 radical (unpaired) electrons. The monoisotopic (exact) mass is 376 g/mol. The summed E-state index contributed by atoms with van der Waals surface area (Å²) >= 11 is 0. The van der Waals surface area contributed by atoms with Crippen molar-refractivity contribution in [3.8, 4) is 11.5 Å². The Bertz CT molecular complexity index is 1050. The molecule has 5 rings (SSSR count). The Morgan fingerprint density at radius 2 is 2.18 bits per heavy atom. The maximum atomic E-state index is 12.7. The molecule has 2 heterocycles. The van der Waals surface area contributed by atoms with Crippen LogP contribution in [-0.2, 0) is 24.1 Å². The number of hydrogen-bond acceptors (Lipinski definition) is 3. The first-order chi connectivity index (χ1) is 13.7. The predicted molar refractivity (Wildman–Crippen MR) is 108 cm³/mol. The van der Waals surface area contributed by atoms with Crippen LogP contribution in [0.5, 0.6) is 11.5 Å². The molecule has 0 spiro atoms. The fraction of sp³-hybridized carbons (Fsp3) is 0.348. The van der Waals surface area contributed by atoms with Gasteiger partial charge in [0.1, 0.15) is 11.5 Å². The SMILES string of the molecule is COc1ccc2[nH]c3c(c2c1)CCCC3NC(=O)Cc1ccc2c(c1)OCC2. The van der Waals surface area contributed by atoms with Crippen molar-refractivity contribution in [1.82, 2.24) is 10.3 Å². The third kappa shape index (κ3) is 3.01. The van der Waals surface area contributed by atoms with E-state index in [0.717, 1.165) is 60.6 Å².